The van der Waals surface area contributed by atoms with Crippen LogP contribution in [0.1, 0.15) is 28.9 Å². The van der Waals surface area contributed by atoms with Crippen LogP contribution < -0.4 is 21.3 Å². The third-order valence-electron chi connectivity index (χ3n) is 5.39. The minimum Gasteiger partial charge on any atom is -0.497 e. The number of nitrogens with zero attached hydrogens (tertiary/aromatic N) is 3. The van der Waals surface area contributed by atoms with Gasteiger partial charge in [-0.3, -0.25) is 14.2 Å². The lowest BCUT2D eigenvalue weighted by Gasteiger charge is -2.14. The molecule has 172 valence electrons. The van der Waals surface area contributed by atoms with Crippen LogP contribution in [0.5, 0.6) is 5.75 Å². The maximum Gasteiger partial charge on any atom is 0.352 e. The van der Waals surface area contributed by atoms with Gasteiger partial charge in [0.05, 0.1) is 25.4 Å². The highest BCUT2D eigenvalue weighted by atomic mass is 19.1. The van der Waals surface area contributed by atoms with E-state index >= 15 is 0 Å². The molecule has 2 aromatic carbocycles. The number of carbonyl (C=O) groups excluding carboxylic acids is 1. The van der Waals surface area contributed by atoms with E-state index in [1.807, 2.05) is 0 Å². The largest absolute Gasteiger partial charge is 0.497 e. The summed E-state index contributed by atoms with van der Waals surface area (Å²) in [6, 6.07) is 12.2. The van der Waals surface area contributed by atoms with Gasteiger partial charge in [0, 0.05) is 18.7 Å². The fourth-order valence-corrected chi connectivity index (χ4v) is 3.58. The number of rotatable bonds is 7. The number of amides is 1. The van der Waals surface area contributed by atoms with Crippen LogP contribution >= 0.6 is 0 Å². The van der Waals surface area contributed by atoms with Gasteiger partial charge in [-0.25, -0.2) is 9.18 Å². The van der Waals surface area contributed by atoms with Crippen molar-refractivity contribution in [3.05, 3.63) is 86.4 Å². The number of ether oxygens (including phenoxy) is 2. The van der Waals surface area contributed by atoms with Crippen LogP contribution in [0.4, 0.5) is 4.39 Å². The number of hydrogen-bond acceptors (Lipinski definition) is 6. The summed E-state index contributed by atoms with van der Waals surface area (Å²) in [6.07, 6.45) is 1.56. The van der Waals surface area contributed by atoms with Gasteiger partial charge in [0.1, 0.15) is 11.6 Å². The Morgan fingerprint density at radius 1 is 1.21 bits per heavy atom. The second kappa shape index (κ2) is 9.78. The average molecular weight is 454 g/mol. The predicted molar refractivity (Wildman–Crippen MR) is 117 cm³/mol. The molecule has 9 nitrogen and oxygen atoms in total. The monoisotopic (exact) mass is 454 g/mol. The third-order valence-corrected chi connectivity index (χ3v) is 5.39. The highest BCUT2D eigenvalue weighted by Crippen LogP contribution is 2.14. The summed E-state index contributed by atoms with van der Waals surface area (Å²) < 4.78 is 26.6. The van der Waals surface area contributed by atoms with Crippen molar-refractivity contribution >= 4 is 5.91 Å². The van der Waals surface area contributed by atoms with Gasteiger partial charge in [-0.05, 0) is 43.2 Å². The molecule has 1 aliphatic rings. The molecular formula is C23H23FN4O5. The lowest BCUT2D eigenvalue weighted by molar-refractivity contribution is 0.0849. The first-order valence-electron chi connectivity index (χ1n) is 10.5. The zero-order valence-electron chi connectivity index (χ0n) is 18.0. The van der Waals surface area contributed by atoms with Crippen molar-refractivity contribution in [3.8, 4) is 11.4 Å². The van der Waals surface area contributed by atoms with Crippen molar-refractivity contribution < 1.29 is 18.7 Å². The summed E-state index contributed by atoms with van der Waals surface area (Å²) in [7, 11) is 1.50. The minimum absolute atomic E-state index is 0.134. The van der Waals surface area contributed by atoms with Crippen molar-refractivity contribution in [2.24, 2.45) is 0 Å². The Balaban J connectivity index is 1.77. The molecule has 0 spiro atoms. The van der Waals surface area contributed by atoms with E-state index in [0.29, 0.717) is 18.0 Å². The molecule has 0 aliphatic carbocycles. The van der Waals surface area contributed by atoms with Crippen molar-refractivity contribution in [2.45, 2.75) is 25.5 Å². The van der Waals surface area contributed by atoms with E-state index in [-0.39, 0.29) is 24.8 Å². The average Bonchev–Trinajstić information content (AvgIpc) is 3.35. The van der Waals surface area contributed by atoms with Crippen LogP contribution in [-0.2, 0) is 11.3 Å². The fourth-order valence-electron chi connectivity index (χ4n) is 3.58. The molecule has 1 aromatic heterocycles. The normalized spacial score (nSPS) is 15.4. The summed E-state index contributed by atoms with van der Waals surface area (Å²) >= 11 is 0. The molecule has 1 atom stereocenters. The molecule has 0 radical (unpaired) electrons. The van der Waals surface area contributed by atoms with Crippen LogP contribution in [0.15, 0.2) is 58.1 Å². The van der Waals surface area contributed by atoms with E-state index in [1.54, 1.807) is 30.3 Å². The molecule has 1 amide bonds. The molecule has 1 N–H and O–H groups in total. The molecule has 33 heavy (non-hydrogen) atoms. The lowest BCUT2D eigenvalue weighted by atomic mass is 10.2. The van der Waals surface area contributed by atoms with Gasteiger partial charge in [0.2, 0.25) is 5.69 Å². The van der Waals surface area contributed by atoms with Gasteiger partial charge in [-0.1, -0.05) is 18.2 Å². The van der Waals surface area contributed by atoms with E-state index in [1.165, 1.54) is 25.3 Å². The quantitative estimate of drug-likeness (QED) is 0.580. The smallest absolute Gasteiger partial charge is 0.352 e. The van der Waals surface area contributed by atoms with Crippen LogP contribution in [0.3, 0.4) is 0 Å². The first-order valence-corrected chi connectivity index (χ1v) is 10.5. The molecule has 3 aromatic rings. The molecular weight excluding hydrogens is 431 g/mol. The molecule has 4 rings (SSSR count). The van der Waals surface area contributed by atoms with Crippen molar-refractivity contribution in [1.29, 1.82) is 0 Å². The summed E-state index contributed by atoms with van der Waals surface area (Å²) in [5, 5.41) is 6.70. The topological polar surface area (TPSA) is 104 Å². The Bertz CT molecular complexity index is 1260. The number of aromatic nitrogens is 3. The summed E-state index contributed by atoms with van der Waals surface area (Å²) in [5.41, 5.74) is -1.73. The lowest BCUT2D eigenvalue weighted by Crippen LogP contribution is -2.46. The molecule has 2 heterocycles. The first-order chi connectivity index (χ1) is 16.0. The molecule has 10 heteroatoms. The maximum absolute atomic E-state index is 14.3. The van der Waals surface area contributed by atoms with Gasteiger partial charge in [0.15, 0.2) is 0 Å². The van der Waals surface area contributed by atoms with Crippen molar-refractivity contribution in [2.75, 3.05) is 20.3 Å². The van der Waals surface area contributed by atoms with Crippen molar-refractivity contribution in [1.82, 2.24) is 19.7 Å². The Labute approximate surface area is 188 Å². The molecule has 1 fully saturated rings. The van der Waals surface area contributed by atoms with Crippen LogP contribution in [0.2, 0.25) is 0 Å². The van der Waals surface area contributed by atoms with E-state index in [0.717, 1.165) is 22.1 Å². The van der Waals surface area contributed by atoms with Crippen LogP contribution in [-0.4, -0.2) is 46.6 Å². The van der Waals surface area contributed by atoms with Gasteiger partial charge in [0.25, 0.3) is 11.5 Å². The number of methoxy groups -OCH3 is 1. The summed E-state index contributed by atoms with van der Waals surface area (Å²) in [6.45, 7) is 0.487. The molecule has 1 aliphatic heterocycles. The maximum atomic E-state index is 14.3. The second-order valence-corrected chi connectivity index (χ2v) is 7.57. The SMILES string of the molecule is COc1ccc(-n2nc(C(=O)NCC3CCCO3)c(=O)n(Cc3ccccc3F)c2=O)cc1. The molecule has 1 saturated heterocycles. The summed E-state index contributed by atoms with van der Waals surface area (Å²) in [5.74, 6) is -0.748. The molecule has 1 unspecified atom stereocenters. The Hall–Kier alpha value is -3.79. The minimum atomic E-state index is -0.905. The fraction of sp³-hybridized carbons (Fsp3) is 0.304. The Morgan fingerprint density at radius 2 is 1.97 bits per heavy atom. The predicted octanol–water partition coefficient (Wildman–Crippen LogP) is 1.50. The Kier molecular flexibility index (Phi) is 6.64. The number of hydrogen-bond donors (Lipinski definition) is 1. The van der Waals surface area contributed by atoms with Gasteiger partial charge >= 0.3 is 5.69 Å². The van der Waals surface area contributed by atoms with Gasteiger partial charge in [-0.15, -0.1) is 0 Å². The van der Waals surface area contributed by atoms with E-state index in [2.05, 4.69) is 10.4 Å². The van der Waals surface area contributed by atoms with Gasteiger partial charge < -0.3 is 14.8 Å². The first kappa shape index (κ1) is 22.4. The zero-order chi connectivity index (χ0) is 23.4. The van der Waals surface area contributed by atoms with E-state index < -0.39 is 28.7 Å². The van der Waals surface area contributed by atoms with Crippen molar-refractivity contribution in [3.63, 3.8) is 0 Å². The summed E-state index contributed by atoms with van der Waals surface area (Å²) in [4.78, 5) is 39.1. The highest BCUT2D eigenvalue weighted by Gasteiger charge is 2.23. The number of halogens is 1. The Morgan fingerprint density at radius 3 is 2.64 bits per heavy atom. The second-order valence-electron chi connectivity index (χ2n) is 7.57. The highest BCUT2D eigenvalue weighted by molar-refractivity contribution is 5.91. The number of benzene rings is 2. The zero-order valence-corrected chi connectivity index (χ0v) is 18.0. The van der Waals surface area contributed by atoms with E-state index in [4.69, 9.17) is 9.47 Å². The van der Waals surface area contributed by atoms with Crippen LogP contribution in [0.25, 0.3) is 5.69 Å². The van der Waals surface area contributed by atoms with Gasteiger partial charge in [-0.2, -0.15) is 9.78 Å². The molecule has 0 bridgehead atoms. The van der Waals surface area contributed by atoms with Crippen LogP contribution in [0, 0.1) is 5.82 Å². The third kappa shape index (κ3) is 4.85. The van der Waals surface area contributed by atoms with E-state index in [9.17, 15) is 18.8 Å². The number of nitrogens with one attached hydrogen (secondary N) is 1. The molecule has 0 saturated carbocycles. The standard InChI is InChI=1S/C23H23FN4O5/c1-32-17-10-8-16(9-11-17)28-23(31)27(14-15-5-2-3-7-19(15)24)22(30)20(26-28)21(29)25-13-18-6-4-12-33-18/h2-3,5,7-11,18H,4,6,12-14H2,1H3,(H,25,29). The number of carbonyl (C=O) groups is 1.